The summed E-state index contributed by atoms with van der Waals surface area (Å²) in [6.45, 7) is 3.23. The van der Waals surface area contributed by atoms with E-state index < -0.39 is 0 Å². The number of imidazole rings is 1. The summed E-state index contributed by atoms with van der Waals surface area (Å²) in [5.41, 5.74) is 2.26. The van der Waals surface area contributed by atoms with E-state index in [0.29, 0.717) is 5.92 Å². The van der Waals surface area contributed by atoms with Gasteiger partial charge in [0.1, 0.15) is 5.82 Å². The second-order valence-corrected chi connectivity index (χ2v) is 5.63. The van der Waals surface area contributed by atoms with E-state index in [9.17, 15) is 0 Å². The molecule has 0 saturated carbocycles. The van der Waals surface area contributed by atoms with Crippen LogP contribution < -0.4 is 5.32 Å². The minimum atomic E-state index is 0.644. The summed E-state index contributed by atoms with van der Waals surface area (Å²) in [6, 6.07) is 0. The van der Waals surface area contributed by atoms with Crippen LogP contribution in [-0.2, 0) is 13.0 Å². The van der Waals surface area contributed by atoms with E-state index in [1.807, 2.05) is 13.2 Å². The van der Waals surface area contributed by atoms with Crippen molar-refractivity contribution in [2.45, 2.75) is 25.8 Å². The van der Waals surface area contributed by atoms with Crippen LogP contribution in [0.15, 0.2) is 24.9 Å². The minimum Gasteiger partial charge on any atom is -0.372 e. The first-order chi connectivity index (χ1) is 10.3. The first kappa shape index (κ1) is 14.0. The highest BCUT2D eigenvalue weighted by Gasteiger charge is 2.22. The maximum atomic E-state index is 4.48. The van der Waals surface area contributed by atoms with Gasteiger partial charge in [0.25, 0.3) is 0 Å². The molecule has 2 aromatic rings. The molecule has 2 N–H and O–H groups in total. The Kier molecular flexibility index (Phi) is 4.45. The number of piperidine rings is 1. The fraction of sp³-hybridized carbons (Fsp3) is 0.533. The van der Waals surface area contributed by atoms with Gasteiger partial charge in [0.05, 0.1) is 12.0 Å². The molecule has 1 atom stereocenters. The molecule has 1 fully saturated rings. The smallest absolute Gasteiger partial charge is 0.147 e. The van der Waals surface area contributed by atoms with E-state index in [1.165, 1.54) is 18.5 Å². The predicted molar refractivity (Wildman–Crippen MR) is 81.9 cm³/mol. The number of H-pyrrole nitrogens is 1. The van der Waals surface area contributed by atoms with E-state index in [2.05, 4.69) is 30.2 Å². The van der Waals surface area contributed by atoms with Crippen molar-refractivity contribution in [1.29, 1.82) is 0 Å². The maximum Gasteiger partial charge on any atom is 0.147 e. The Bertz CT molecular complexity index is 553. The second kappa shape index (κ2) is 6.67. The predicted octanol–water partition coefficient (Wildman–Crippen LogP) is 1.70. The molecule has 3 heterocycles. The van der Waals surface area contributed by atoms with E-state index in [0.717, 1.165) is 37.6 Å². The number of hydrogen-bond donors (Lipinski definition) is 2. The molecule has 0 amide bonds. The second-order valence-electron chi connectivity index (χ2n) is 5.63. The molecule has 0 radical (unpaired) electrons. The van der Waals surface area contributed by atoms with Crippen LogP contribution >= 0.6 is 0 Å². The van der Waals surface area contributed by atoms with E-state index in [-0.39, 0.29) is 0 Å². The third kappa shape index (κ3) is 3.58. The fourth-order valence-electron chi connectivity index (χ4n) is 3.07. The number of nitrogens with zero attached hydrogens (tertiary/aromatic N) is 4. The maximum absolute atomic E-state index is 4.48. The number of aromatic nitrogens is 4. The molecule has 6 nitrogen and oxygen atoms in total. The van der Waals surface area contributed by atoms with Crippen LogP contribution in [0.2, 0.25) is 0 Å². The van der Waals surface area contributed by atoms with Gasteiger partial charge in [-0.25, -0.2) is 9.97 Å². The van der Waals surface area contributed by atoms with Gasteiger partial charge in [0.15, 0.2) is 0 Å². The lowest BCUT2D eigenvalue weighted by Gasteiger charge is -2.32. The van der Waals surface area contributed by atoms with Gasteiger partial charge < -0.3 is 10.3 Å². The van der Waals surface area contributed by atoms with Crippen LogP contribution in [0, 0.1) is 5.92 Å². The van der Waals surface area contributed by atoms with Gasteiger partial charge in [-0.15, -0.1) is 0 Å². The normalized spacial score (nSPS) is 19.6. The SMILES string of the molecule is CNc1nccnc1C[C@@H]1CCCN(Cc2cnc[nH]2)C1. The lowest BCUT2D eigenvalue weighted by atomic mass is 9.93. The first-order valence-corrected chi connectivity index (χ1v) is 7.52. The highest BCUT2D eigenvalue weighted by Crippen LogP contribution is 2.23. The van der Waals surface area contributed by atoms with Gasteiger partial charge in [-0.05, 0) is 31.7 Å². The Morgan fingerprint density at radius 2 is 2.29 bits per heavy atom. The highest BCUT2D eigenvalue weighted by molar-refractivity contribution is 5.38. The quantitative estimate of drug-likeness (QED) is 0.875. The molecule has 0 unspecified atom stereocenters. The van der Waals surface area contributed by atoms with Gasteiger partial charge in [-0.2, -0.15) is 0 Å². The first-order valence-electron chi connectivity index (χ1n) is 7.52. The third-order valence-electron chi connectivity index (χ3n) is 4.04. The fourth-order valence-corrected chi connectivity index (χ4v) is 3.07. The van der Waals surface area contributed by atoms with E-state index in [1.54, 1.807) is 18.7 Å². The summed E-state index contributed by atoms with van der Waals surface area (Å²) in [5.74, 6) is 1.55. The summed E-state index contributed by atoms with van der Waals surface area (Å²) in [7, 11) is 1.90. The largest absolute Gasteiger partial charge is 0.372 e. The zero-order chi connectivity index (χ0) is 14.5. The Balaban J connectivity index is 1.60. The van der Waals surface area contributed by atoms with Gasteiger partial charge in [-0.1, -0.05) is 0 Å². The van der Waals surface area contributed by atoms with Crippen molar-refractivity contribution < 1.29 is 0 Å². The zero-order valence-electron chi connectivity index (χ0n) is 12.4. The molecule has 0 aliphatic carbocycles. The number of rotatable bonds is 5. The van der Waals surface area contributed by atoms with Crippen molar-refractivity contribution >= 4 is 5.82 Å². The molecule has 1 aliphatic rings. The van der Waals surface area contributed by atoms with E-state index in [4.69, 9.17) is 0 Å². The van der Waals surface area contributed by atoms with Crippen molar-refractivity contribution in [3.05, 3.63) is 36.3 Å². The average Bonchev–Trinajstić information content (AvgIpc) is 3.01. The molecule has 2 aromatic heterocycles. The number of aromatic amines is 1. The van der Waals surface area contributed by atoms with Gasteiger partial charge >= 0.3 is 0 Å². The molecule has 0 bridgehead atoms. The van der Waals surface area contributed by atoms with Crippen LogP contribution in [0.4, 0.5) is 5.82 Å². The molecule has 0 spiro atoms. The van der Waals surface area contributed by atoms with Crippen LogP contribution in [0.25, 0.3) is 0 Å². The molecule has 1 saturated heterocycles. The Labute approximate surface area is 125 Å². The van der Waals surface area contributed by atoms with E-state index >= 15 is 0 Å². The molecule has 0 aromatic carbocycles. The number of nitrogens with one attached hydrogen (secondary N) is 2. The molecule has 1 aliphatic heterocycles. The Morgan fingerprint density at radius 1 is 1.38 bits per heavy atom. The lowest BCUT2D eigenvalue weighted by molar-refractivity contribution is 0.165. The van der Waals surface area contributed by atoms with Gasteiger partial charge in [0.2, 0.25) is 0 Å². The standard InChI is InChI=1S/C15H22N6/c1-16-15-14(18-4-5-19-15)7-12-3-2-6-21(9-12)10-13-8-17-11-20-13/h4-5,8,11-12H,2-3,6-7,9-10H2,1H3,(H,16,19)(H,17,20)/t12-/m0/s1. The third-order valence-corrected chi connectivity index (χ3v) is 4.04. The van der Waals surface area contributed by atoms with Crippen LogP contribution in [-0.4, -0.2) is 45.0 Å². The Hall–Kier alpha value is -1.95. The summed E-state index contributed by atoms with van der Waals surface area (Å²) < 4.78 is 0. The van der Waals surface area contributed by atoms with Crippen molar-refractivity contribution in [1.82, 2.24) is 24.8 Å². The molecule has 112 valence electrons. The summed E-state index contributed by atoms with van der Waals surface area (Å²) >= 11 is 0. The summed E-state index contributed by atoms with van der Waals surface area (Å²) in [5, 5.41) is 3.13. The monoisotopic (exact) mass is 286 g/mol. The minimum absolute atomic E-state index is 0.644. The summed E-state index contributed by atoms with van der Waals surface area (Å²) in [6.07, 6.45) is 10.7. The lowest BCUT2D eigenvalue weighted by Crippen LogP contribution is -2.36. The average molecular weight is 286 g/mol. The molecular weight excluding hydrogens is 264 g/mol. The van der Waals surface area contributed by atoms with Gasteiger partial charge in [0, 0.05) is 44.4 Å². The zero-order valence-corrected chi connectivity index (χ0v) is 12.4. The van der Waals surface area contributed by atoms with Crippen LogP contribution in [0.5, 0.6) is 0 Å². The van der Waals surface area contributed by atoms with Gasteiger partial charge in [-0.3, -0.25) is 9.88 Å². The molecular formula is C15H22N6. The van der Waals surface area contributed by atoms with Crippen LogP contribution in [0.3, 0.4) is 0 Å². The highest BCUT2D eigenvalue weighted by atomic mass is 15.1. The Morgan fingerprint density at radius 3 is 3.10 bits per heavy atom. The molecule has 6 heteroatoms. The number of anilines is 1. The van der Waals surface area contributed by atoms with Crippen molar-refractivity contribution in [2.24, 2.45) is 5.92 Å². The molecule has 3 rings (SSSR count). The number of likely N-dealkylation sites (tertiary alicyclic amines) is 1. The van der Waals surface area contributed by atoms with Crippen molar-refractivity contribution in [2.75, 3.05) is 25.5 Å². The topological polar surface area (TPSA) is 69.7 Å². The summed E-state index contributed by atoms with van der Waals surface area (Å²) in [4.78, 5) is 18.6. The number of hydrogen-bond acceptors (Lipinski definition) is 5. The molecule has 21 heavy (non-hydrogen) atoms. The van der Waals surface area contributed by atoms with Crippen molar-refractivity contribution in [3.8, 4) is 0 Å². The van der Waals surface area contributed by atoms with Crippen molar-refractivity contribution in [3.63, 3.8) is 0 Å². The van der Waals surface area contributed by atoms with Crippen LogP contribution in [0.1, 0.15) is 24.2 Å².